The van der Waals surface area contributed by atoms with Gasteiger partial charge in [-0.05, 0) is 29.7 Å². The molecule has 0 bridgehead atoms. The van der Waals surface area contributed by atoms with Crippen molar-refractivity contribution in [3.63, 3.8) is 0 Å². The average molecular weight is 374 g/mol. The van der Waals surface area contributed by atoms with Gasteiger partial charge in [-0.1, -0.05) is 58.4 Å². The molecule has 23 heavy (non-hydrogen) atoms. The van der Waals surface area contributed by atoms with Crippen molar-refractivity contribution in [1.82, 2.24) is 10.7 Å². The molecule has 118 valence electrons. The number of rotatable bonds is 5. The van der Waals surface area contributed by atoms with E-state index in [4.69, 9.17) is 0 Å². The standard InChI is InChI=1S/C17H16BrN3O2/c18-15-8-4-7-14(11-15)12-20-21-17(23)16(22)19-10-9-13-5-2-1-3-6-13/h1-8,11-12H,9-10H2,(H,19,22)(H,21,23). The lowest BCUT2D eigenvalue weighted by Crippen LogP contribution is -2.38. The molecule has 0 saturated heterocycles. The van der Waals surface area contributed by atoms with Gasteiger partial charge >= 0.3 is 11.8 Å². The maximum absolute atomic E-state index is 11.6. The fraction of sp³-hybridized carbons (Fsp3) is 0.118. The number of nitrogens with zero attached hydrogens (tertiary/aromatic N) is 1. The summed E-state index contributed by atoms with van der Waals surface area (Å²) in [5.74, 6) is -1.49. The Balaban J connectivity index is 1.73. The minimum Gasteiger partial charge on any atom is -0.347 e. The topological polar surface area (TPSA) is 70.6 Å². The molecule has 0 fully saturated rings. The third-order valence-electron chi connectivity index (χ3n) is 2.98. The molecule has 0 unspecified atom stereocenters. The van der Waals surface area contributed by atoms with Crippen molar-refractivity contribution in [3.05, 3.63) is 70.2 Å². The number of hydrazone groups is 1. The van der Waals surface area contributed by atoms with Crippen LogP contribution in [0.2, 0.25) is 0 Å². The van der Waals surface area contributed by atoms with Crippen LogP contribution in [0.15, 0.2) is 64.2 Å². The molecule has 2 aromatic rings. The first-order chi connectivity index (χ1) is 11.1. The van der Waals surface area contributed by atoms with Gasteiger partial charge in [0.25, 0.3) is 0 Å². The van der Waals surface area contributed by atoms with Crippen molar-refractivity contribution in [1.29, 1.82) is 0 Å². The molecule has 5 nitrogen and oxygen atoms in total. The molecule has 2 aromatic carbocycles. The zero-order valence-corrected chi connectivity index (χ0v) is 13.9. The van der Waals surface area contributed by atoms with Crippen molar-refractivity contribution in [2.24, 2.45) is 5.10 Å². The number of amides is 2. The monoisotopic (exact) mass is 373 g/mol. The highest BCUT2D eigenvalue weighted by molar-refractivity contribution is 9.10. The number of nitrogens with one attached hydrogen (secondary N) is 2. The van der Waals surface area contributed by atoms with Crippen LogP contribution >= 0.6 is 15.9 Å². The molecule has 0 aliphatic heterocycles. The van der Waals surface area contributed by atoms with E-state index in [0.29, 0.717) is 13.0 Å². The first-order valence-electron chi connectivity index (χ1n) is 7.06. The average Bonchev–Trinajstić information content (AvgIpc) is 2.55. The predicted octanol–water partition coefficient (Wildman–Crippen LogP) is 2.26. The lowest BCUT2D eigenvalue weighted by molar-refractivity contribution is -0.139. The predicted molar refractivity (Wildman–Crippen MR) is 93.0 cm³/mol. The highest BCUT2D eigenvalue weighted by Gasteiger charge is 2.11. The summed E-state index contributed by atoms with van der Waals surface area (Å²) in [6.45, 7) is 0.394. The molecule has 0 heterocycles. The van der Waals surface area contributed by atoms with E-state index in [1.807, 2.05) is 54.6 Å². The molecule has 2 N–H and O–H groups in total. The molecule has 0 aliphatic carbocycles. The van der Waals surface area contributed by atoms with Crippen molar-refractivity contribution < 1.29 is 9.59 Å². The molecule has 0 radical (unpaired) electrons. The van der Waals surface area contributed by atoms with Crippen molar-refractivity contribution in [3.8, 4) is 0 Å². The number of hydrogen-bond donors (Lipinski definition) is 2. The summed E-state index contributed by atoms with van der Waals surface area (Å²) >= 11 is 3.34. The zero-order valence-electron chi connectivity index (χ0n) is 12.3. The van der Waals surface area contributed by atoms with Gasteiger partial charge < -0.3 is 5.32 Å². The number of halogens is 1. The van der Waals surface area contributed by atoms with Crippen molar-refractivity contribution in [2.75, 3.05) is 6.54 Å². The van der Waals surface area contributed by atoms with Crippen molar-refractivity contribution in [2.45, 2.75) is 6.42 Å². The second-order valence-electron chi connectivity index (χ2n) is 4.75. The summed E-state index contributed by atoms with van der Waals surface area (Å²) in [5, 5.41) is 6.32. The smallest absolute Gasteiger partial charge is 0.329 e. The third-order valence-corrected chi connectivity index (χ3v) is 3.47. The molecule has 0 spiro atoms. The van der Waals surface area contributed by atoms with Crippen LogP contribution in [-0.2, 0) is 16.0 Å². The maximum Gasteiger partial charge on any atom is 0.329 e. The molecule has 6 heteroatoms. The second-order valence-corrected chi connectivity index (χ2v) is 5.66. The minimum atomic E-state index is -0.788. The quantitative estimate of drug-likeness (QED) is 0.479. The minimum absolute atomic E-state index is 0.394. The van der Waals surface area contributed by atoms with Gasteiger partial charge in [-0.25, -0.2) is 5.43 Å². The van der Waals surface area contributed by atoms with Crippen LogP contribution in [0.5, 0.6) is 0 Å². The van der Waals surface area contributed by atoms with Crippen LogP contribution in [0.3, 0.4) is 0 Å². The van der Waals surface area contributed by atoms with Gasteiger partial charge in [0.05, 0.1) is 6.21 Å². The fourth-order valence-electron chi connectivity index (χ4n) is 1.85. The lowest BCUT2D eigenvalue weighted by atomic mass is 10.1. The normalized spacial score (nSPS) is 10.5. The Labute approximate surface area is 142 Å². The number of benzene rings is 2. The molecular formula is C17H16BrN3O2. The first-order valence-corrected chi connectivity index (χ1v) is 7.85. The van der Waals surface area contributed by atoms with E-state index < -0.39 is 11.8 Å². The maximum atomic E-state index is 11.6. The van der Waals surface area contributed by atoms with Crippen LogP contribution in [0, 0.1) is 0 Å². The van der Waals surface area contributed by atoms with Crippen LogP contribution in [0.25, 0.3) is 0 Å². The fourth-order valence-corrected chi connectivity index (χ4v) is 2.27. The molecule has 0 aromatic heterocycles. The number of carbonyl (C=O) groups is 2. The Hall–Kier alpha value is -2.47. The van der Waals surface area contributed by atoms with E-state index in [-0.39, 0.29) is 0 Å². The molecule has 2 amide bonds. The van der Waals surface area contributed by atoms with Crippen molar-refractivity contribution >= 4 is 34.0 Å². The van der Waals surface area contributed by atoms with Gasteiger partial charge in [-0.15, -0.1) is 0 Å². The van der Waals surface area contributed by atoms with E-state index in [2.05, 4.69) is 31.8 Å². The summed E-state index contributed by atoms with van der Waals surface area (Å²) in [4.78, 5) is 23.2. The lowest BCUT2D eigenvalue weighted by Gasteiger charge is -2.04. The summed E-state index contributed by atoms with van der Waals surface area (Å²) in [6.07, 6.45) is 2.14. The van der Waals surface area contributed by atoms with E-state index in [0.717, 1.165) is 15.6 Å². The number of hydrogen-bond acceptors (Lipinski definition) is 3. The van der Waals surface area contributed by atoms with Gasteiger partial charge in [0.2, 0.25) is 0 Å². The molecule has 0 atom stereocenters. The van der Waals surface area contributed by atoms with Gasteiger partial charge in [0, 0.05) is 11.0 Å². The SMILES string of the molecule is O=C(NCCc1ccccc1)C(=O)NN=Cc1cccc(Br)c1. The summed E-state index contributed by atoms with van der Waals surface area (Å²) in [6, 6.07) is 17.1. The Bertz CT molecular complexity index is 702. The Morgan fingerprint density at radius 2 is 1.83 bits per heavy atom. The Morgan fingerprint density at radius 1 is 1.04 bits per heavy atom. The number of carbonyl (C=O) groups excluding carboxylic acids is 2. The second kappa shape index (κ2) is 8.85. The molecule has 0 saturated carbocycles. The Kier molecular flexibility index (Phi) is 6.50. The van der Waals surface area contributed by atoms with Gasteiger partial charge in [0.15, 0.2) is 0 Å². The van der Waals surface area contributed by atoms with Gasteiger partial charge in [0.1, 0.15) is 0 Å². The van der Waals surface area contributed by atoms with Crippen LogP contribution in [0.4, 0.5) is 0 Å². The molecule has 2 rings (SSSR count). The van der Waals surface area contributed by atoms with E-state index in [9.17, 15) is 9.59 Å². The van der Waals surface area contributed by atoms with Crippen LogP contribution in [-0.4, -0.2) is 24.6 Å². The van der Waals surface area contributed by atoms with Gasteiger partial charge in [-0.2, -0.15) is 5.10 Å². The first kappa shape index (κ1) is 16.9. The van der Waals surface area contributed by atoms with Gasteiger partial charge in [-0.3, -0.25) is 9.59 Å². The highest BCUT2D eigenvalue weighted by Crippen LogP contribution is 2.09. The third kappa shape index (κ3) is 6.04. The largest absolute Gasteiger partial charge is 0.347 e. The van der Waals surface area contributed by atoms with E-state index in [1.165, 1.54) is 6.21 Å². The molecular weight excluding hydrogens is 358 g/mol. The van der Waals surface area contributed by atoms with E-state index >= 15 is 0 Å². The summed E-state index contributed by atoms with van der Waals surface area (Å²) < 4.78 is 0.909. The zero-order chi connectivity index (χ0) is 16.5. The highest BCUT2D eigenvalue weighted by atomic mass is 79.9. The summed E-state index contributed by atoms with van der Waals surface area (Å²) in [7, 11) is 0. The van der Waals surface area contributed by atoms with E-state index in [1.54, 1.807) is 0 Å². The summed E-state index contributed by atoms with van der Waals surface area (Å²) in [5.41, 5.74) is 4.11. The van der Waals surface area contributed by atoms with Crippen LogP contribution in [0.1, 0.15) is 11.1 Å². The van der Waals surface area contributed by atoms with Crippen LogP contribution < -0.4 is 10.7 Å². The Morgan fingerprint density at radius 3 is 2.57 bits per heavy atom. The molecule has 0 aliphatic rings.